The zero-order chi connectivity index (χ0) is 39.4. The number of hydrogen-bond donors (Lipinski definition) is 3. The maximum atomic E-state index is 12.4. The molecule has 0 saturated heterocycles. The molecule has 0 heterocycles. The van der Waals surface area contributed by atoms with Gasteiger partial charge in [-0.25, -0.2) is 0 Å². The molecule has 6 heteroatoms. The van der Waals surface area contributed by atoms with Crippen LogP contribution in [0.2, 0.25) is 0 Å². The molecular weight excluding hydrogens is 671 g/mol. The Morgan fingerprint density at radius 1 is 0.519 bits per heavy atom. The molecule has 6 nitrogen and oxygen atoms in total. The van der Waals surface area contributed by atoms with Crippen molar-refractivity contribution in [1.29, 1.82) is 0 Å². The van der Waals surface area contributed by atoms with Crippen LogP contribution in [0.5, 0.6) is 0 Å². The Bertz CT molecular complexity index is 884. The van der Waals surface area contributed by atoms with Crippen molar-refractivity contribution in [1.82, 2.24) is 5.32 Å². The average molecular weight is 760 g/mol. The zero-order valence-corrected chi connectivity index (χ0v) is 35.7. The van der Waals surface area contributed by atoms with Crippen LogP contribution in [0, 0.1) is 0 Å². The Labute approximate surface area is 334 Å². The number of aliphatic hydroxyl groups is 2. The van der Waals surface area contributed by atoms with E-state index in [1.54, 1.807) is 6.08 Å². The lowest BCUT2D eigenvalue weighted by atomic mass is 10.0. The van der Waals surface area contributed by atoms with Crippen LogP contribution in [-0.4, -0.2) is 47.4 Å². The number of unbranched alkanes of at least 4 members (excludes halogenated alkanes) is 27. The third-order valence-corrected chi connectivity index (χ3v) is 10.4. The van der Waals surface area contributed by atoms with Gasteiger partial charge in [0.2, 0.25) is 5.91 Å². The Kier molecular flexibility index (Phi) is 42.2. The Morgan fingerprint density at radius 3 is 1.43 bits per heavy atom. The van der Waals surface area contributed by atoms with Crippen LogP contribution in [0.1, 0.15) is 232 Å². The Morgan fingerprint density at radius 2 is 0.926 bits per heavy atom. The molecule has 54 heavy (non-hydrogen) atoms. The highest BCUT2D eigenvalue weighted by Gasteiger charge is 2.18. The van der Waals surface area contributed by atoms with Crippen molar-refractivity contribution in [3.05, 3.63) is 36.5 Å². The predicted octanol–water partition coefficient (Wildman–Crippen LogP) is 13.3. The van der Waals surface area contributed by atoms with Gasteiger partial charge in [-0.1, -0.05) is 192 Å². The number of aliphatic hydroxyl groups excluding tert-OH is 2. The van der Waals surface area contributed by atoms with Crippen molar-refractivity contribution >= 4 is 11.9 Å². The summed E-state index contributed by atoms with van der Waals surface area (Å²) in [5.74, 6) is -0.130. The maximum Gasteiger partial charge on any atom is 0.305 e. The van der Waals surface area contributed by atoms with E-state index in [2.05, 4.69) is 43.5 Å². The van der Waals surface area contributed by atoms with E-state index in [0.717, 1.165) is 70.6 Å². The highest BCUT2D eigenvalue weighted by atomic mass is 16.5. The number of allylic oxidation sites excluding steroid dienone is 5. The van der Waals surface area contributed by atoms with E-state index in [0.29, 0.717) is 19.4 Å². The molecule has 316 valence electrons. The predicted molar refractivity (Wildman–Crippen MR) is 232 cm³/mol. The lowest BCUT2D eigenvalue weighted by Crippen LogP contribution is -2.45. The lowest BCUT2D eigenvalue weighted by molar-refractivity contribution is -0.143. The first kappa shape index (κ1) is 52.1. The van der Waals surface area contributed by atoms with Crippen molar-refractivity contribution in [3.8, 4) is 0 Å². The minimum atomic E-state index is -0.858. The van der Waals surface area contributed by atoms with Crippen LogP contribution < -0.4 is 5.32 Å². The topological polar surface area (TPSA) is 95.9 Å². The SMILES string of the molecule is CCCCCC/C=C\C/C=C\CCCCCCCC(=O)OCCCCCCCCCCCCC(=O)NC(CO)C(O)/C=C/CCCCCCCCCCC. The largest absolute Gasteiger partial charge is 0.466 e. The number of carbonyl (C=O) groups is 2. The number of ether oxygens (including phenoxy) is 1. The van der Waals surface area contributed by atoms with Crippen molar-refractivity contribution in [2.45, 2.75) is 244 Å². The second-order valence-corrected chi connectivity index (χ2v) is 15.7. The first-order valence-corrected chi connectivity index (χ1v) is 23.3. The van der Waals surface area contributed by atoms with Gasteiger partial charge in [0.15, 0.2) is 0 Å². The first-order valence-electron chi connectivity index (χ1n) is 23.3. The molecule has 0 aromatic carbocycles. The normalized spacial score (nSPS) is 13.0. The van der Waals surface area contributed by atoms with Gasteiger partial charge >= 0.3 is 5.97 Å². The smallest absolute Gasteiger partial charge is 0.305 e. The minimum absolute atomic E-state index is 0.0356. The Balaban J connectivity index is 3.53. The number of rotatable bonds is 42. The van der Waals surface area contributed by atoms with E-state index in [1.165, 1.54) is 135 Å². The molecule has 0 radical (unpaired) electrons. The monoisotopic (exact) mass is 760 g/mol. The van der Waals surface area contributed by atoms with Crippen LogP contribution in [0.15, 0.2) is 36.5 Å². The van der Waals surface area contributed by atoms with Gasteiger partial charge in [-0.3, -0.25) is 9.59 Å². The second kappa shape index (κ2) is 43.8. The van der Waals surface area contributed by atoms with E-state index in [4.69, 9.17) is 4.74 Å². The highest BCUT2D eigenvalue weighted by molar-refractivity contribution is 5.76. The van der Waals surface area contributed by atoms with Gasteiger partial charge in [-0.05, 0) is 64.2 Å². The van der Waals surface area contributed by atoms with Gasteiger partial charge in [0.25, 0.3) is 0 Å². The molecule has 0 aromatic rings. The summed E-state index contributed by atoms with van der Waals surface area (Å²) < 4.78 is 5.44. The van der Waals surface area contributed by atoms with E-state index < -0.39 is 12.1 Å². The Hall–Kier alpha value is -1.92. The molecular formula is C48H89NO5. The summed E-state index contributed by atoms with van der Waals surface area (Å²) >= 11 is 0. The summed E-state index contributed by atoms with van der Waals surface area (Å²) in [5.41, 5.74) is 0. The van der Waals surface area contributed by atoms with E-state index in [9.17, 15) is 19.8 Å². The van der Waals surface area contributed by atoms with Crippen LogP contribution in [0.25, 0.3) is 0 Å². The van der Waals surface area contributed by atoms with Gasteiger partial charge in [0.05, 0.1) is 25.4 Å². The summed E-state index contributed by atoms with van der Waals surface area (Å²) in [6, 6.07) is -0.644. The number of amides is 1. The van der Waals surface area contributed by atoms with Crippen LogP contribution in [-0.2, 0) is 14.3 Å². The van der Waals surface area contributed by atoms with Crippen molar-refractivity contribution in [3.63, 3.8) is 0 Å². The number of esters is 1. The summed E-state index contributed by atoms with van der Waals surface area (Å²) in [6.07, 6.45) is 51.3. The molecule has 0 aliphatic carbocycles. The van der Waals surface area contributed by atoms with E-state index in [-0.39, 0.29) is 18.5 Å². The molecule has 0 aliphatic heterocycles. The fourth-order valence-electron chi connectivity index (χ4n) is 6.78. The quantitative estimate of drug-likeness (QED) is 0.0327. The summed E-state index contributed by atoms with van der Waals surface area (Å²) in [5, 5.41) is 22.9. The molecule has 2 unspecified atom stereocenters. The van der Waals surface area contributed by atoms with Crippen molar-refractivity contribution in [2.24, 2.45) is 0 Å². The molecule has 1 amide bonds. The fraction of sp³-hybridized carbons (Fsp3) is 0.833. The van der Waals surface area contributed by atoms with Crippen LogP contribution in [0.4, 0.5) is 0 Å². The van der Waals surface area contributed by atoms with Gasteiger partial charge in [0.1, 0.15) is 0 Å². The molecule has 0 aliphatic rings. The molecule has 3 N–H and O–H groups in total. The third kappa shape index (κ3) is 39.8. The van der Waals surface area contributed by atoms with E-state index >= 15 is 0 Å². The van der Waals surface area contributed by atoms with Gasteiger partial charge in [-0.2, -0.15) is 0 Å². The van der Waals surface area contributed by atoms with E-state index in [1.807, 2.05) is 6.08 Å². The van der Waals surface area contributed by atoms with Gasteiger partial charge < -0.3 is 20.3 Å². The van der Waals surface area contributed by atoms with Crippen molar-refractivity contribution < 1.29 is 24.5 Å². The summed E-state index contributed by atoms with van der Waals surface area (Å²) in [4.78, 5) is 24.4. The highest BCUT2D eigenvalue weighted by Crippen LogP contribution is 2.14. The molecule has 0 aromatic heterocycles. The number of nitrogens with one attached hydrogen (secondary N) is 1. The lowest BCUT2D eigenvalue weighted by Gasteiger charge is -2.20. The molecule has 0 spiro atoms. The molecule has 0 fully saturated rings. The minimum Gasteiger partial charge on any atom is -0.466 e. The molecule has 0 bridgehead atoms. The maximum absolute atomic E-state index is 12.4. The molecule has 2 atom stereocenters. The van der Waals surface area contributed by atoms with Crippen LogP contribution in [0.3, 0.4) is 0 Å². The van der Waals surface area contributed by atoms with Crippen molar-refractivity contribution in [2.75, 3.05) is 13.2 Å². The van der Waals surface area contributed by atoms with Gasteiger partial charge in [0, 0.05) is 12.8 Å². The molecule has 0 saturated carbocycles. The number of hydrogen-bond acceptors (Lipinski definition) is 5. The average Bonchev–Trinajstić information content (AvgIpc) is 3.17. The van der Waals surface area contributed by atoms with Crippen LogP contribution >= 0.6 is 0 Å². The number of carbonyl (C=O) groups excluding carboxylic acids is 2. The summed E-state index contributed by atoms with van der Waals surface area (Å²) in [7, 11) is 0. The third-order valence-electron chi connectivity index (χ3n) is 10.4. The second-order valence-electron chi connectivity index (χ2n) is 15.7. The first-order chi connectivity index (χ1) is 26.5. The summed E-state index contributed by atoms with van der Waals surface area (Å²) in [6.45, 7) is 4.80. The fourth-order valence-corrected chi connectivity index (χ4v) is 6.78. The standard InChI is InChI=1S/C48H89NO5/c1-3-5-7-9-11-13-15-16-17-18-19-21-26-30-34-38-42-48(53)54-43-39-35-31-27-23-22-25-29-33-37-41-47(52)49-45(44-50)46(51)40-36-32-28-24-20-14-12-10-8-6-4-2/h13,15,17-18,36,40,45-46,50-51H,3-12,14,16,19-35,37-39,41-44H2,1-2H3,(H,49,52)/b15-13-,18-17-,40-36+. The zero-order valence-electron chi connectivity index (χ0n) is 35.7. The molecule has 0 rings (SSSR count). The van der Waals surface area contributed by atoms with Gasteiger partial charge in [-0.15, -0.1) is 0 Å².